The molecule has 0 amide bonds. The van der Waals surface area contributed by atoms with Crippen molar-refractivity contribution >= 4 is 33.2 Å². The average Bonchev–Trinajstić information content (AvgIpc) is 3.40. The first-order valence-corrected chi connectivity index (χ1v) is 12.5. The largest absolute Gasteiger partial charge is 0.309 e. The van der Waals surface area contributed by atoms with Crippen LogP contribution >= 0.6 is 0 Å². The van der Waals surface area contributed by atoms with Crippen LogP contribution in [-0.2, 0) is 5.41 Å². The second-order valence-corrected chi connectivity index (χ2v) is 10.1. The van der Waals surface area contributed by atoms with E-state index in [9.17, 15) is 0 Å². The highest BCUT2D eigenvalue weighted by atomic mass is 15.0. The maximum Gasteiger partial charge on any atom is 0.0696 e. The van der Waals surface area contributed by atoms with Gasteiger partial charge in [0.2, 0.25) is 0 Å². The van der Waals surface area contributed by atoms with Crippen LogP contribution in [-0.4, -0.2) is 10.3 Å². The molecule has 1 aliphatic rings. The fraction of sp³-hybridized carbons (Fsp3) is 0.0882. The molecular formula is C34H26N2. The molecular weight excluding hydrogens is 436 g/mol. The monoisotopic (exact) mass is 462 g/mol. The van der Waals surface area contributed by atoms with Crippen molar-refractivity contribution < 1.29 is 0 Å². The van der Waals surface area contributed by atoms with Crippen molar-refractivity contribution in [2.24, 2.45) is 4.99 Å². The Morgan fingerprint density at radius 2 is 1.17 bits per heavy atom. The molecule has 0 unspecified atom stereocenters. The normalized spacial score (nSPS) is 14.2. The van der Waals surface area contributed by atoms with Gasteiger partial charge in [-0.25, -0.2) is 0 Å². The van der Waals surface area contributed by atoms with Crippen molar-refractivity contribution in [1.82, 2.24) is 4.57 Å². The first kappa shape index (κ1) is 20.9. The van der Waals surface area contributed by atoms with E-state index >= 15 is 0 Å². The van der Waals surface area contributed by atoms with Crippen molar-refractivity contribution in [2.45, 2.75) is 19.3 Å². The van der Waals surface area contributed by atoms with Gasteiger partial charge in [-0.05, 0) is 54.8 Å². The van der Waals surface area contributed by atoms with Crippen LogP contribution in [0.3, 0.4) is 0 Å². The predicted octanol–water partition coefficient (Wildman–Crippen LogP) is 8.86. The number of fused-ring (bicyclic) bond motifs is 5. The van der Waals surface area contributed by atoms with E-state index < -0.39 is 0 Å². The average molecular weight is 463 g/mol. The van der Waals surface area contributed by atoms with Gasteiger partial charge in [-0.15, -0.1) is 0 Å². The summed E-state index contributed by atoms with van der Waals surface area (Å²) in [6.45, 7) is 4.62. The number of nitrogens with zero attached hydrogens (tertiary/aromatic N) is 2. The maximum atomic E-state index is 5.19. The van der Waals surface area contributed by atoms with Crippen LogP contribution in [0.4, 0.5) is 5.69 Å². The molecule has 2 nitrogen and oxygen atoms in total. The highest BCUT2D eigenvalue weighted by molar-refractivity contribution is 6.18. The number of para-hydroxylation sites is 1. The second kappa shape index (κ2) is 7.79. The Morgan fingerprint density at radius 3 is 1.89 bits per heavy atom. The Balaban J connectivity index is 1.49. The van der Waals surface area contributed by atoms with E-state index in [1.54, 1.807) is 0 Å². The number of hydrogen-bond acceptors (Lipinski definition) is 1. The van der Waals surface area contributed by atoms with E-state index in [0.717, 1.165) is 11.4 Å². The number of hydrogen-bond donors (Lipinski definition) is 0. The van der Waals surface area contributed by atoms with Gasteiger partial charge >= 0.3 is 0 Å². The Morgan fingerprint density at radius 1 is 0.556 bits per heavy atom. The van der Waals surface area contributed by atoms with Crippen molar-refractivity contribution in [2.75, 3.05) is 0 Å². The maximum absolute atomic E-state index is 5.19. The highest BCUT2D eigenvalue weighted by Crippen LogP contribution is 2.48. The molecule has 5 aromatic carbocycles. The molecule has 1 aliphatic heterocycles. The molecule has 0 radical (unpaired) electrons. The lowest BCUT2D eigenvalue weighted by Crippen LogP contribution is -2.27. The first-order chi connectivity index (χ1) is 17.6. The van der Waals surface area contributed by atoms with E-state index in [-0.39, 0.29) is 5.41 Å². The van der Waals surface area contributed by atoms with Crippen LogP contribution in [0.1, 0.15) is 25.0 Å². The van der Waals surface area contributed by atoms with Crippen LogP contribution in [0, 0.1) is 0 Å². The zero-order chi connectivity index (χ0) is 24.3. The molecule has 2 heteroatoms. The van der Waals surface area contributed by atoms with Crippen molar-refractivity contribution in [3.63, 3.8) is 0 Å². The summed E-state index contributed by atoms with van der Waals surface area (Å²) in [5.41, 5.74) is 10.5. The summed E-state index contributed by atoms with van der Waals surface area (Å²) in [6.07, 6.45) is 0. The van der Waals surface area contributed by atoms with Crippen LogP contribution in [0.5, 0.6) is 0 Å². The molecule has 1 aromatic heterocycles. The Hall–Kier alpha value is -4.43. The summed E-state index contributed by atoms with van der Waals surface area (Å²) in [7, 11) is 0. The van der Waals surface area contributed by atoms with Crippen LogP contribution < -0.4 is 0 Å². The molecule has 2 heterocycles. The zero-order valence-corrected chi connectivity index (χ0v) is 20.4. The fourth-order valence-corrected chi connectivity index (χ4v) is 5.86. The van der Waals surface area contributed by atoms with Gasteiger partial charge < -0.3 is 4.57 Å². The van der Waals surface area contributed by atoms with Gasteiger partial charge in [0.15, 0.2) is 0 Å². The van der Waals surface area contributed by atoms with Gasteiger partial charge in [0, 0.05) is 27.4 Å². The molecule has 0 fully saturated rings. The minimum absolute atomic E-state index is 0.230. The molecule has 0 saturated heterocycles. The minimum atomic E-state index is -0.230. The summed E-state index contributed by atoms with van der Waals surface area (Å²) in [6, 6.07) is 43.3. The molecule has 0 saturated carbocycles. The molecule has 0 bridgehead atoms. The van der Waals surface area contributed by atoms with Crippen LogP contribution in [0.2, 0.25) is 0 Å². The van der Waals surface area contributed by atoms with E-state index in [1.165, 1.54) is 49.7 Å². The third-order valence-electron chi connectivity index (χ3n) is 7.54. The van der Waals surface area contributed by atoms with E-state index in [2.05, 4.69) is 140 Å². The Kier molecular flexibility index (Phi) is 4.52. The SMILES string of the molecule is CC1(C)C(c2ccccc2)=Nc2ccc3c4ccccc4n(-c4ccc(-c5ccccc5)cc4)c3c21. The van der Waals surface area contributed by atoms with Crippen LogP contribution in [0.15, 0.2) is 126 Å². The molecule has 0 spiro atoms. The molecule has 0 aliphatic carbocycles. The molecule has 36 heavy (non-hydrogen) atoms. The minimum Gasteiger partial charge on any atom is -0.309 e. The van der Waals surface area contributed by atoms with Gasteiger partial charge in [0.05, 0.1) is 22.4 Å². The Bertz CT molecular complexity index is 1770. The molecule has 0 N–H and O–H groups in total. The third-order valence-corrected chi connectivity index (χ3v) is 7.54. The lowest BCUT2D eigenvalue weighted by molar-refractivity contribution is 0.741. The van der Waals surface area contributed by atoms with Crippen molar-refractivity contribution in [1.29, 1.82) is 0 Å². The van der Waals surface area contributed by atoms with Gasteiger partial charge in [-0.3, -0.25) is 4.99 Å². The number of aliphatic imine (C=N–C) groups is 1. The number of benzene rings is 5. The van der Waals surface area contributed by atoms with Gasteiger partial charge in [-0.2, -0.15) is 0 Å². The topological polar surface area (TPSA) is 17.3 Å². The van der Waals surface area contributed by atoms with Crippen molar-refractivity contribution in [3.05, 3.63) is 132 Å². The van der Waals surface area contributed by atoms with Gasteiger partial charge in [0.25, 0.3) is 0 Å². The fourth-order valence-electron chi connectivity index (χ4n) is 5.86. The zero-order valence-electron chi connectivity index (χ0n) is 20.4. The summed E-state index contributed by atoms with van der Waals surface area (Å²) >= 11 is 0. The Labute approximate surface area is 211 Å². The molecule has 6 aromatic rings. The third kappa shape index (κ3) is 3.01. The number of rotatable bonds is 3. The number of aromatic nitrogens is 1. The van der Waals surface area contributed by atoms with E-state index in [4.69, 9.17) is 4.99 Å². The van der Waals surface area contributed by atoms with E-state index in [1.807, 2.05) is 0 Å². The van der Waals surface area contributed by atoms with Crippen LogP contribution in [0.25, 0.3) is 38.6 Å². The highest BCUT2D eigenvalue weighted by Gasteiger charge is 2.38. The second-order valence-electron chi connectivity index (χ2n) is 10.1. The lowest BCUT2D eigenvalue weighted by Gasteiger charge is -2.24. The van der Waals surface area contributed by atoms with Gasteiger partial charge in [-0.1, -0.05) is 97.1 Å². The smallest absolute Gasteiger partial charge is 0.0696 e. The van der Waals surface area contributed by atoms with Gasteiger partial charge in [0.1, 0.15) is 0 Å². The summed E-state index contributed by atoms with van der Waals surface area (Å²) in [5, 5.41) is 2.54. The quantitative estimate of drug-likeness (QED) is 0.250. The lowest BCUT2D eigenvalue weighted by atomic mass is 9.78. The summed E-state index contributed by atoms with van der Waals surface area (Å²) in [4.78, 5) is 5.19. The van der Waals surface area contributed by atoms with E-state index in [0.29, 0.717) is 0 Å². The molecule has 172 valence electrons. The predicted molar refractivity (Wildman–Crippen MR) is 152 cm³/mol. The standard InChI is InChI=1S/C34H26N2/c1-34(2)31-29(35-33(34)25-13-7-4-8-14-25)22-21-28-27-15-9-10-16-30(27)36(32(28)31)26-19-17-24(18-20-26)23-11-5-3-6-12-23/h3-22H,1-2H3. The first-order valence-electron chi connectivity index (χ1n) is 12.5. The molecule has 7 rings (SSSR count). The summed E-state index contributed by atoms with van der Waals surface area (Å²) in [5.74, 6) is 0. The molecule has 0 atom stereocenters. The summed E-state index contributed by atoms with van der Waals surface area (Å²) < 4.78 is 2.43. The van der Waals surface area contributed by atoms with Crippen molar-refractivity contribution in [3.8, 4) is 16.8 Å².